The molecule has 2 rings (SSSR count). The first-order chi connectivity index (χ1) is 10.6. The van der Waals surface area contributed by atoms with Crippen LogP contribution in [-0.2, 0) is 0 Å². The van der Waals surface area contributed by atoms with E-state index in [1.807, 2.05) is 30.3 Å². The lowest BCUT2D eigenvalue weighted by Crippen LogP contribution is -2.23. The van der Waals surface area contributed by atoms with E-state index in [0.717, 1.165) is 17.8 Å². The van der Waals surface area contributed by atoms with E-state index in [2.05, 4.69) is 15.8 Å². The monoisotopic (exact) mass is 315 g/mol. The molecule has 0 aliphatic carbocycles. The Hall–Kier alpha value is -3.00. The minimum atomic E-state index is -0.727. The molecule has 0 unspecified atom stereocenters. The van der Waals surface area contributed by atoms with Crippen molar-refractivity contribution in [3.63, 3.8) is 0 Å². The average Bonchev–Trinajstić information content (AvgIpc) is 2.49. The fourth-order valence-corrected chi connectivity index (χ4v) is 1.77. The van der Waals surface area contributed by atoms with E-state index in [-0.39, 0.29) is 5.11 Å². The number of nitrogens with one attached hydrogen (secondary N) is 2. The summed E-state index contributed by atoms with van der Waals surface area (Å²) in [5.74, 6) is -0.642. The number of hydrogen-bond donors (Lipinski definition) is 2. The van der Waals surface area contributed by atoms with E-state index in [9.17, 15) is 15.2 Å². The van der Waals surface area contributed by atoms with Gasteiger partial charge in [0.25, 0.3) is 5.69 Å². The summed E-state index contributed by atoms with van der Waals surface area (Å²) in [6, 6.07) is 13.0. The van der Waals surface area contributed by atoms with E-state index < -0.39 is 16.4 Å². The summed E-state index contributed by atoms with van der Waals surface area (Å²) in [7, 11) is 0. The number of hydrogen-bond acceptors (Lipinski definition) is 5. The van der Waals surface area contributed by atoms with Crippen LogP contribution in [0.2, 0.25) is 0 Å². The van der Waals surface area contributed by atoms with Crippen LogP contribution < -0.4 is 15.8 Å². The average molecular weight is 315 g/mol. The van der Waals surface area contributed by atoms with Crippen LogP contribution in [0.3, 0.4) is 0 Å². The molecule has 0 radical (unpaired) electrons. The van der Waals surface area contributed by atoms with Gasteiger partial charge in [-0.2, -0.15) is 5.10 Å². The molecule has 2 N–H and O–H groups in total. The Balaban J connectivity index is 1.96. The van der Waals surface area contributed by atoms with Gasteiger partial charge in [0, 0.05) is 17.3 Å². The lowest BCUT2D eigenvalue weighted by Gasteiger charge is -2.07. The number of para-hydroxylation sites is 1. The molecule has 0 aliphatic heterocycles. The largest absolute Gasteiger partial charge is 0.868 e. The number of nitrogens with zero attached hydrogens (tertiary/aromatic N) is 2. The zero-order chi connectivity index (χ0) is 15.9. The second-order valence-electron chi connectivity index (χ2n) is 4.17. The van der Waals surface area contributed by atoms with Crippen molar-refractivity contribution in [1.82, 2.24) is 5.43 Å². The quantitative estimate of drug-likeness (QED) is 0.387. The van der Waals surface area contributed by atoms with Gasteiger partial charge < -0.3 is 10.4 Å². The van der Waals surface area contributed by atoms with Crippen molar-refractivity contribution >= 4 is 34.9 Å². The molecule has 0 spiro atoms. The van der Waals surface area contributed by atoms with Gasteiger partial charge in [-0.1, -0.05) is 30.3 Å². The number of thiocarbonyl (C=S) groups is 1. The minimum Gasteiger partial charge on any atom is -0.868 e. The van der Waals surface area contributed by atoms with Gasteiger partial charge in [-0.25, -0.2) is 0 Å². The fraction of sp³-hybridized carbons (Fsp3) is 0. The van der Waals surface area contributed by atoms with Crippen LogP contribution in [0.1, 0.15) is 5.56 Å². The van der Waals surface area contributed by atoms with Crippen molar-refractivity contribution < 1.29 is 10.0 Å². The third-order valence-electron chi connectivity index (χ3n) is 2.59. The smallest absolute Gasteiger partial charge is 0.262 e. The number of rotatable bonds is 4. The van der Waals surface area contributed by atoms with Gasteiger partial charge in [-0.05, 0) is 30.1 Å². The van der Waals surface area contributed by atoms with Gasteiger partial charge in [0.1, 0.15) is 0 Å². The first-order valence-electron chi connectivity index (χ1n) is 6.17. The number of benzene rings is 2. The van der Waals surface area contributed by atoms with Crippen LogP contribution in [0.25, 0.3) is 0 Å². The van der Waals surface area contributed by atoms with Crippen molar-refractivity contribution in [3.8, 4) is 5.75 Å². The fourth-order valence-electron chi connectivity index (χ4n) is 1.60. The number of nitro groups is 1. The highest BCUT2D eigenvalue weighted by Crippen LogP contribution is 2.22. The second-order valence-corrected chi connectivity index (χ2v) is 4.58. The SMILES string of the molecule is O=[N+]([O-])c1cc(/C=N\NC(=S)Nc2ccccc2)ccc1[O-]. The van der Waals surface area contributed by atoms with Gasteiger partial charge in [0.15, 0.2) is 5.11 Å². The molecular weight excluding hydrogens is 304 g/mol. The molecular formula is C14H11N4O3S-. The molecule has 0 aromatic heterocycles. The van der Waals surface area contributed by atoms with Crippen molar-refractivity contribution in [2.45, 2.75) is 0 Å². The normalized spacial score (nSPS) is 10.4. The molecule has 7 nitrogen and oxygen atoms in total. The van der Waals surface area contributed by atoms with E-state index in [0.29, 0.717) is 5.56 Å². The Kier molecular flexibility index (Phi) is 4.99. The van der Waals surface area contributed by atoms with Crippen LogP contribution in [0.15, 0.2) is 53.6 Å². The summed E-state index contributed by atoms with van der Waals surface area (Å²) in [4.78, 5) is 9.95. The highest BCUT2D eigenvalue weighted by atomic mass is 32.1. The lowest BCUT2D eigenvalue weighted by atomic mass is 10.2. The predicted octanol–water partition coefficient (Wildman–Crippen LogP) is 1.99. The Morgan fingerprint density at radius 1 is 1.23 bits per heavy atom. The number of nitro benzene ring substituents is 1. The predicted molar refractivity (Wildman–Crippen MR) is 85.9 cm³/mol. The summed E-state index contributed by atoms with van der Waals surface area (Å²) in [5.41, 5.74) is 3.32. The molecule has 0 saturated carbocycles. The third kappa shape index (κ3) is 4.25. The zero-order valence-electron chi connectivity index (χ0n) is 11.2. The van der Waals surface area contributed by atoms with Crippen molar-refractivity contribution in [2.24, 2.45) is 5.10 Å². The van der Waals surface area contributed by atoms with E-state index in [1.165, 1.54) is 12.3 Å². The standard InChI is InChI=1S/C14H12N4O3S/c19-13-7-6-10(8-12(13)18(20)21)9-15-17-14(22)16-11-4-2-1-3-5-11/h1-9,19H,(H2,16,17,22)/p-1/b15-9-. The molecule has 0 atom stereocenters. The molecule has 8 heteroatoms. The third-order valence-corrected chi connectivity index (χ3v) is 2.78. The topological polar surface area (TPSA) is 103 Å². The molecule has 0 saturated heterocycles. The summed E-state index contributed by atoms with van der Waals surface area (Å²) >= 11 is 5.05. The Morgan fingerprint density at radius 3 is 2.64 bits per heavy atom. The van der Waals surface area contributed by atoms with E-state index >= 15 is 0 Å². The lowest BCUT2D eigenvalue weighted by molar-refractivity contribution is -0.398. The summed E-state index contributed by atoms with van der Waals surface area (Å²) in [6.07, 6.45) is 1.34. The first kappa shape index (κ1) is 15.4. The maximum absolute atomic E-state index is 11.3. The van der Waals surface area contributed by atoms with Gasteiger partial charge in [-0.15, -0.1) is 0 Å². The van der Waals surface area contributed by atoms with Gasteiger partial charge in [0.2, 0.25) is 0 Å². The molecule has 0 heterocycles. The molecule has 22 heavy (non-hydrogen) atoms. The van der Waals surface area contributed by atoms with Crippen molar-refractivity contribution in [1.29, 1.82) is 0 Å². The maximum atomic E-state index is 11.3. The van der Waals surface area contributed by atoms with Crippen molar-refractivity contribution in [3.05, 3.63) is 64.2 Å². The molecule has 112 valence electrons. The second kappa shape index (κ2) is 7.14. The Labute approximate surface area is 131 Å². The van der Waals surface area contributed by atoms with Crippen molar-refractivity contribution in [2.75, 3.05) is 5.32 Å². The number of anilines is 1. The minimum absolute atomic E-state index is 0.275. The molecule has 0 fully saturated rings. The van der Waals surface area contributed by atoms with Crippen LogP contribution in [0.4, 0.5) is 11.4 Å². The van der Waals surface area contributed by atoms with E-state index in [4.69, 9.17) is 12.2 Å². The summed E-state index contributed by atoms with van der Waals surface area (Å²) in [6.45, 7) is 0. The molecule has 2 aromatic rings. The van der Waals surface area contributed by atoms with Crippen LogP contribution in [0, 0.1) is 10.1 Å². The Morgan fingerprint density at radius 2 is 1.95 bits per heavy atom. The van der Waals surface area contributed by atoms with Crippen LogP contribution in [0.5, 0.6) is 5.75 Å². The summed E-state index contributed by atoms with van der Waals surface area (Å²) < 4.78 is 0. The Bertz CT molecular complexity index is 719. The van der Waals surface area contributed by atoms with Gasteiger partial charge >= 0.3 is 0 Å². The molecule has 2 aromatic carbocycles. The maximum Gasteiger partial charge on any atom is 0.262 e. The molecule has 0 bridgehead atoms. The van der Waals surface area contributed by atoms with Crippen LogP contribution in [-0.4, -0.2) is 16.3 Å². The first-order valence-corrected chi connectivity index (χ1v) is 6.57. The van der Waals surface area contributed by atoms with E-state index in [1.54, 1.807) is 0 Å². The van der Waals surface area contributed by atoms with Gasteiger partial charge in [0.05, 0.1) is 11.1 Å². The highest BCUT2D eigenvalue weighted by Gasteiger charge is 2.06. The molecule has 0 amide bonds. The molecule has 0 aliphatic rings. The zero-order valence-corrected chi connectivity index (χ0v) is 12.0. The van der Waals surface area contributed by atoms with Gasteiger partial charge in [-0.3, -0.25) is 15.5 Å². The van der Waals surface area contributed by atoms with Crippen LogP contribution >= 0.6 is 12.2 Å². The summed E-state index contributed by atoms with van der Waals surface area (Å²) in [5, 5.41) is 29.0. The number of hydrazone groups is 1. The highest BCUT2D eigenvalue weighted by molar-refractivity contribution is 7.80.